The molecule has 134 valence electrons. The molecule has 0 aliphatic rings. The van der Waals surface area contributed by atoms with Crippen LogP contribution in [0.2, 0.25) is 0 Å². The second-order valence-corrected chi connectivity index (χ2v) is 7.58. The van der Waals surface area contributed by atoms with Gasteiger partial charge in [0.15, 0.2) is 4.96 Å². The highest BCUT2D eigenvalue weighted by atomic mass is 32.2. The summed E-state index contributed by atoms with van der Waals surface area (Å²) in [6.07, 6.45) is 6.53. The number of hydrogen-bond acceptors (Lipinski definition) is 6. The van der Waals surface area contributed by atoms with Gasteiger partial charge in [0, 0.05) is 46.5 Å². The maximum atomic E-state index is 12.4. The van der Waals surface area contributed by atoms with Crippen molar-refractivity contribution < 1.29 is 4.79 Å². The van der Waals surface area contributed by atoms with Crippen molar-refractivity contribution in [1.29, 1.82) is 0 Å². The second kappa shape index (κ2) is 7.73. The van der Waals surface area contributed by atoms with Gasteiger partial charge in [-0.25, -0.2) is 4.98 Å². The third-order valence-corrected chi connectivity index (χ3v) is 5.68. The summed E-state index contributed by atoms with van der Waals surface area (Å²) in [7, 11) is 0. The quantitative estimate of drug-likeness (QED) is 0.523. The number of amides is 1. The first-order valence-corrected chi connectivity index (χ1v) is 9.95. The normalized spacial score (nSPS) is 10.8. The number of pyridine rings is 1. The molecule has 6 nitrogen and oxygen atoms in total. The number of fused-ring (bicyclic) bond motifs is 1. The second-order valence-electron chi connectivity index (χ2n) is 5.66. The van der Waals surface area contributed by atoms with Crippen LogP contribution in [0.3, 0.4) is 0 Å². The Morgan fingerprint density at radius 1 is 1.19 bits per heavy atom. The highest BCUT2D eigenvalue weighted by molar-refractivity contribution is 7.98. The lowest BCUT2D eigenvalue weighted by Crippen LogP contribution is -2.25. The minimum Gasteiger partial charge on any atom is -0.322 e. The molecular formula is C19H14N4O2S2. The summed E-state index contributed by atoms with van der Waals surface area (Å²) in [4.78, 5) is 34.7. The molecule has 0 radical (unpaired) electrons. The van der Waals surface area contributed by atoms with E-state index in [1.807, 2.05) is 42.6 Å². The maximum absolute atomic E-state index is 12.4. The molecule has 27 heavy (non-hydrogen) atoms. The molecule has 0 atom stereocenters. The molecule has 0 saturated carbocycles. The van der Waals surface area contributed by atoms with Gasteiger partial charge in [-0.15, -0.1) is 23.1 Å². The largest absolute Gasteiger partial charge is 0.322 e. The zero-order valence-electron chi connectivity index (χ0n) is 14.0. The van der Waals surface area contributed by atoms with Gasteiger partial charge in [0.1, 0.15) is 5.56 Å². The summed E-state index contributed by atoms with van der Waals surface area (Å²) >= 11 is 3.03. The van der Waals surface area contributed by atoms with Crippen LogP contribution in [0.4, 0.5) is 5.69 Å². The van der Waals surface area contributed by atoms with Crippen molar-refractivity contribution in [2.45, 2.75) is 10.6 Å². The van der Waals surface area contributed by atoms with Gasteiger partial charge in [-0.05, 0) is 35.9 Å². The van der Waals surface area contributed by atoms with Crippen molar-refractivity contribution in [2.75, 3.05) is 5.32 Å². The fraction of sp³-hybridized carbons (Fsp3) is 0.0526. The molecule has 4 aromatic rings. The number of rotatable bonds is 5. The summed E-state index contributed by atoms with van der Waals surface area (Å²) in [5, 5.41) is 4.51. The zero-order valence-corrected chi connectivity index (χ0v) is 15.7. The standard InChI is InChI=1S/C19H14N4O2S2/c24-17(16-11-21-19-23(18(16)25)8-9-26-19)22-14-3-5-15(6-4-14)27-12-13-2-1-7-20-10-13/h1-11H,12H2,(H,22,24). The fourth-order valence-corrected chi connectivity index (χ4v) is 3.97. The highest BCUT2D eigenvalue weighted by Gasteiger charge is 2.14. The predicted octanol–water partition coefficient (Wildman–Crippen LogP) is 3.70. The molecule has 1 amide bonds. The number of aromatic nitrogens is 3. The molecule has 0 spiro atoms. The average molecular weight is 394 g/mol. The molecule has 0 unspecified atom stereocenters. The molecule has 0 aliphatic heterocycles. The summed E-state index contributed by atoms with van der Waals surface area (Å²) in [5.41, 5.74) is 1.42. The van der Waals surface area contributed by atoms with Crippen LogP contribution >= 0.6 is 23.1 Å². The van der Waals surface area contributed by atoms with Crippen molar-refractivity contribution in [1.82, 2.24) is 14.4 Å². The Kier molecular flexibility index (Phi) is 4.99. The van der Waals surface area contributed by atoms with Gasteiger partial charge in [-0.1, -0.05) is 6.07 Å². The van der Waals surface area contributed by atoms with E-state index in [-0.39, 0.29) is 11.1 Å². The third-order valence-electron chi connectivity index (χ3n) is 3.83. The number of nitrogens with one attached hydrogen (secondary N) is 1. The Labute approximate surface area is 162 Å². The smallest absolute Gasteiger partial charge is 0.271 e. The minimum atomic E-state index is -0.469. The van der Waals surface area contributed by atoms with Crippen LogP contribution in [-0.4, -0.2) is 20.3 Å². The van der Waals surface area contributed by atoms with Crippen molar-refractivity contribution >= 4 is 39.7 Å². The Hall–Kier alpha value is -2.97. The van der Waals surface area contributed by atoms with Crippen LogP contribution in [0.25, 0.3) is 4.96 Å². The summed E-state index contributed by atoms with van der Waals surface area (Å²) in [6, 6.07) is 11.5. The molecule has 0 aliphatic carbocycles. The van der Waals surface area contributed by atoms with Gasteiger partial charge in [0.05, 0.1) is 0 Å². The van der Waals surface area contributed by atoms with Crippen LogP contribution in [0.5, 0.6) is 0 Å². The molecular weight excluding hydrogens is 380 g/mol. The third kappa shape index (κ3) is 3.91. The van der Waals surface area contributed by atoms with Gasteiger partial charge in [-0.3, -0.25) is 19.0 Å². The van der Waals surface area contributed by atoms with Gasteiger partial charge >= 0.3 is 0 Å². The lowest BCUT2D eigenvalue weighted by molar-refractivity contribution is 0.102. The first kappa shape index (κ1) is 17.4. The Bertz CT molecular complexity index is 1140. The minimum absolute atomic E-state index is 0.0147. The van der Waals surface area contributed by atoms with E-state index in [9.17, 15) is 9.59 Å². The van der Waals surface area contributed by atoms with Crippen molar-refractivity contribution in [3.05, 3.63) is 88.0 Å². The summed E-state index contributed by atoms with van der Waals surface area (Å²) < 4.78 is 1.37. The first-order valence-electron chi connectivity index (χ1n) is 8.09. The summed E-state index contributed by atoms with van der Waals surface area (Å²) in [5.74, 6) is 0.353. The fourth-order valence-electron chi connectivity index (χ4n) is 2.46. The van der Waals surface area contributed by atoms with Crippen LogP contribution in [0.15, 0.2) is 76.3 Å². The number of benzene rings is 1. The van der Waals surface area contributed by atoms with E-state index in [0.717, 1.165) is 16.2 Å². The average Bonchev–Trinajstić information content (AvgIpc) is 3.18. The maximum Gasteiger partial charge on any atom is 0.271 e. The first-order chi connectivity index (χ1) is 13.2. The van der Waals surface area contributed by atoms with E-state index >= 15 is 0 Å². The summed E-state index contributed by atoms with van der Waals surface area (Å²) in [6.45, 7) is 0. The van der Waals surface area contributed by atoms with E-state index < -0.39 is 5.91 Å². The molecule has 1 N–H and O–H groups in total. The van der Waals surface area contributed by atoms with E-state index in [1.54, 1.807) is 29.5 Å². The molecule has 0 saturated heterocycles. The number of hydrogen-bond donors (Lipinski definition) is 1. The van der Waals surface area contributed by atoms with Gasteiger partial charge in [0.25, 0.3) is 11.5 Å². The molecule has 0 bridgehead atoms. The van der Waals surface area contributed by atoms with E-state index in [4.69, 9.17) is 0 Å². The van der Waals surface area contributed by atoms with Crippen molar-refractivity contribution in [2.24, 2.45) is 0 Å². The number of carbonyl (C=O) groups is 1. The van der Waals surface area contributed by atoms with Gasteiger partial charge < -0.3 is 5.32 Å². The monoisotopic (exact) mass is 394 g/mol. The van der Waals surface area contributed by atoms with Crippen LogP contribution in [-0.2, 0) is 5.75 Å². The zero-order chi connectivity index (χ0) is 18.6. The van der Waals surface area contributed by atoms with Crippen molar-refractivity contribution in [3.8, 4) is 0 Å². The number of nitrogens with zero attached hydrogens (tertiary/aromatic N) is 3. The molecule has 1 aromatic carbocycles. The number of anilines is 1. The molecule has 0 fully saturated rings. The number of carbonyl (C=O) groups excluding carboxylic acids is 1. The number of thiazole rings is 1. The SMILES string of the molecule is O=C(Nc1ccc(SCc2cccnc2)cc1)c1cnc2sccn2c1=O. The van der Waals surface area contributed by atoms with Gasteiger partial charge in [-0.2, -0.15) is 0 Å². The predicted molar refractivity (Wildman–Crippen MR) is 108 cm³/mol. The Morgan fingerprint density at radius 3 is 2.81 bits per heavy atom. The molecule has 3 heterocycles. The van der Waals surface area contributed by atoms with Crippen molar-refractivity contribution in [3.63, 3.8) is 0 Å². The van der Waals surface area contributed by atoms with Gasteiger partial charge in [0.2, 0.25) is 0 Å². The Balaban J connectivity index is 1.43. The lowest BCUT2D eigenvalue weighted by atomic mass is 10.2. The van der Waals surface area contributed by atoms with Crippen LogP contribution in [0, 0.1) is 0 Å². The molecule has 3 aromatic heterocycles. The van der Waals surface area contributed by atoms with Crippen LogP contribution < -0.4 is 10.9 Å². The lowest BCUT2D eigenvalue weighted by Gasteiger charge is -2.06. The Morgan fingerprint density at radius 2 is 2.04 bits per heavy atom. The molecule has 4 rings (SSSR count). The number of thioether (sulfide) groups is 1. The topological polar surface area (TPSA) is 76.4 Å². The van der Waals surface area contributed by atoms with E-state index in [2.05, 4.69) is 15.3 Å². The van der Waals surface area contributed by atoms with E-state index in [0.29, 0.717) is 10.6 Å². The highest BCUT2D eigenvalue weighted by Crippen LogP contribution is 2.24. The van der Waals surface area contributed by atoms with Crippen LogP contribution in [0.1, 0.15) is 15.9 Å². The van der Waals surface area contributed by atoms with E-state index in [1.165, 1.54) is 21.9 Å². The molecule has 8 heteroatoms.